The van der Waals surface area contributed by atoms with Crippen LogP contribution < -0.4 is 16.4 Å². The Kier molecular flexibility index (Phi) is 2.36. The number of nitrogens with two attached hydrogens (primary N) is 2. The van der Waals surface area contributed by atoms with Gasteiger partial charge in [-0.2, -0.15) is 0 Å². The molecule has 4 N–H and O–H groups in total. The SMILES string of the molecule is CCCCc1n(N)cc[n+]1N. The van der Waals surface area contributed by atoms with Crippen molar-refractivity contribution in [2.24, 2.45) is 0 Å². The van der Waals surface area contributed by atoms with Crippen LogP contribution in [0.2, 0.25) is 0 Å². The number of hydrogen-bond acceptors (Lipinski definition) is 2. The summed E-state index contributed by atoms with van der Waals surface area (Å²) >= 11 is 0. The van der Waals surface area contributed by atoms with E-state index in [1.807, 2.05) is 0 Å². The lowest BCUT2D eigenvalue weighted by atomic mass is 10.2. The van der Waals surface area contributed by atoms with E-state index in [0.29, 0.717) is 0 Å². The first-order valence-corrected chi connectivity index (χ1v) is 3.87. The van der Waals surface area contributed by atoms with Gasteiger partial charge >= 0.3 is 5.82 Å². The van der Waals surface area contributed by atoms with Crippen molar-refractivity contribution in [1.29, 1.82) is 0 Å². The quantitative estimate of drug-likeness (QED) is 0.458. The van der Waals surface area contributed by atoms with Gasteiger partial charge in [0.25, 0.3) is 0 Å². The molecular formula is C7H15N4+. The van der Waals surface area contributed by atoms with Crippen LogP contribution in [0.5, 0.6) is 0 Å². The Morgan fingerprint density at radius 3 is 2.82 bits per heavy atom. The lowest BCUT2D eigenvalue weighted by molar-refractivity contribution is -0.646. The van der Waals surface area contributed by atoms with Crippen molar-refractivity contribution >= 4 is 0 Å². The number of nitrogens with zero attached hydrogens (tertiary/aromatic N) is 2. The molecule has 0 radical (unpaired) electrons. The summed E-state index contributed by atoms with van der Waals surface area (Å²) in [6, 6.07) is 0. The highest BCUT2D eigenvalue weighted by Crippen LogP contribution is 1.96. The minimum Gasteiger partial charge on any atom is -0.269 e. The molecule has 0 amide bonds. The third kappa shape index (κ3) is 1.63. The van der Waals surface area contributed by atoms with Crippen molar-refractivity contribution in [2.75, 3.05) is 11.7 Å². The summed E-state index contributed by atoms with van der Waals surface area (Å²) in [7, 11) is 0. The van der Waals surface area contributed by atoms with Crippen LogP contribution in [0, 0.1) is 0 Å². The molecular weight excluding hydrogens is 140 g/mol. The first kappa shape index (κ1) is 7.91. The maximum absolute atomic E-state index is 5.60. The van der Waals surface area contributed by atoms with E-state index < -0.39 is 0 Å². The topological polar surface area (TPSA) is 60.8 Å². The average Bonchev–Trinajstić information content (AvgIpc) is 2.29. The molecule has 0 bridgehead atoms. The van der Waals surface area contributed by atoms with E-state index in [2.05, 4.69) is 6.92 Å². The first-order chi connectivity index (χ1) is 5.25. The zero-order valence-corrected chi connectivity index (χ0v) is 6.83. The zero-order chi connectivity index (χ0) is 8.27. The molecule has 62 valence electrons. The molecule has 0 aromatic carbocycles. The monoisotopic (exact) mass is 155 g/mol. The summed E-state index contributed by atoms with van der Waals surface area (Å²) in [6.07, 6.45) is 6.73. The van der Waals surface area contributed by atoms with Gasteiger partial charge in [0.15, 0.2) is 12.4 Å². The summed E-state index contributed by atoms with van der Waals surface area (Å²) in [5, 5.41) is 0. The predicted molar refractivity (Wildman–Crippen MR) is 43.5 cm³/mol. The highest BCUT2D eigenvalue weighted by Gasteiger charge is 2.11. The van der Waals surface area contributed by atoms with Crippen LogP contribution in [0.4, 0.5) is 0 Å². The van der Waals surface area contributed by atoms with Crippen LogP contribution in [0.1, 0.15) is 25.6 Å². The minimum atomic E-state index is 0.941. The highest BCUT2D eigenvalue weighted by molar-refractivity contribution is 4.83. The molecule has 0 spiro atoms. The van der Waals surface area contributed by atoms with Gasteiger partial charge in [-0.1, -0.05) is 13.3 Å². The molecule has 0 fully saturated rings. The number of imidazole rings is 1. The molecule has 0 aliphatic rings. The normalized spacial score (nSPS) is 10.3. The Balaban J connectivity index is 2.67. The highest BCUT2D eigenvalue weighted by atomic mass is 15.4. The molecule has 4 heteroatoms. The van der Waals surface area contributed by atoms with Crippen molar-refractivity contribution in [3.05, 3.63) is 18.2 Å². The van der Waals surface area contributed by atoms with Gasteiger partial charge in [-0.3, -0.25) is 11.7 Å². The fraction of sp³-hybridized carbons (Fsp3) is 0.571. The second kappa shape index (κ2) is 3.27. The molecule has 4 nitrogen and oxygen atoms in total. The number of aromatic nitrogens is 2. The minimum absolute atomic E-state index is 0.941. The van der Waals surface area contributed by atoms with Gasteiger partial charge < -0.3 is 0 Å². The van der Waals surface area contributed by atoms with Crippen molar-refractivity contribution < 1.29 is 4.68 Å². The third-order valence-corrected chi connectivity index (χ3v) is 1.74. The van der Waals surface area contributed by atoms with Crippen molar-refractivity contribution in [3.63, 3.8) is 0 Å². The van der Waals surface area contributed by atoms with Gasteiger partial charge in [0.1, 0.15) is 0 Å². The average molecular weight is 155 g/mol. The molecule has 0 aliphatic heterocycles. The number of rotatable bonds is 3. The smallest absolute Gasteiger partial charge is 0.269 e. The Hall–Kier alpha value is -1.19. The second-order valence-corrected chi connectivity index (χ2v) is 2.63. The molecule has 0 atom stereocenters. The zero-order valence-electron chi connectivity index (χ0n) is 6.83. The van der Waals surface area contributed by atoms with Gasteiger partial charge in [-0.15, -0.1) is 9.35 Å². The summed E-state index contributed by atoms with van der Waals surface area (Å²) in [5.41, 5.74) is 0. The van der Waals surface area contributed by atoms with Crippen LogP contribution >= 0.6 is 0 Å². The van der Waals surface area contributed by atoms with E-state index in [-0.39, 0.29) is 0 Å². The van der Waals surface area contributed by atoms with E-state index in [4.69, 9.17) is 11.7 Å². The van der Waals surface area contributed by atoms with E-state index in [1.165, 1.54) is 0 Å². The maximum Gasteiger partial charge on any atom is 0.302 e. The predicted octanol–water partition coefficient (Wildman–Crippen LogP) is -0.454. The van der Waals surface area contributed by atoms with Crippen molar-refractivity contribution in [2.45, 2.75) is 26.2 Å². The van der Waals surface area contributed by atoms with Crippen LogP contribution in [-0.2, 0) is 6.42 Å². The van der Waals surface area contributed by atoms with Crippen LogP contribution in [0.3, 0.4) is 0 Å². The summed E-state index contributed by atoms with van der Waals surface area (Å²) in [5.74, 6) is 12.2. The second-order valence-electron chi connectivity index (χ2n) is 2.63. The van der Waals surface area contributed by atoms with Crippen LogP contribution in [0.25, 0.3) is 0 Å². The van der Waals surface area contributed by atoms with Gasteiger partial charge in [-0.05, 0) is 6.42 Å². The van der Waals surface area contributed by atoms with E-state index in [9.17, 15) is 0 Å². The van der Waals surface area contributed by atoms with E-state index in [1.54, 1.807) is 21.7 Å². The Labute approximate surface area is 66.4 Å². The van der Waals surface area contributed by atoms with Crippen molar-refractivity contribution in [1.82, 2.24) is 4.68 Å². The number of unbranched alkanes of at least 4 members (excludes halogenated alkanes) is 1. The van der Waals surface area contributed by atoms with Crippen molar-refractivity contribution in [3.8, 4) is 0 Å². The Morgan fingerprint density at radius 2 is 2.36 bits per heavy atom. The molecule has 0 aliphatic carbocycles. The molecule has 1 rings (SSSR count). The lowest BCUT2D eigenvalue weighted by Crippen LogP contribution is -2.47. The largest absolute Gasteiger partial charge is 0.302 e. The molecule has 0 saturated heterocycles. The van der Waals surface area contributed by atoms with Gasteiger partial charge in [0, 0.05) is 0 Å². The first-order valence-electron chi connectivity index (χ1n) is 3.87. The van der Waals surface area contributed by atoms with Gasteiger partial charge in [0.05, 0.1) is 6.42 Å². The maximum atomic E-state index is 5.60. The Bertz CT molecular complexity index is 209. The molecule has 1 heterocycles. The molecule has 1 aromatic heterocycles. The Morgan fingerprint density at radius 1 is 1.64 bits per heavy atom. The molecule has 0 saturated carbocycles. The third-order valence-electron chi connectivity index (χ3n) is 1.74. The number of nitrogen functional groups attached to an aromatic ring is 2. The fourth-order valence-electron chi connectivity index (χ4n) is 1.04. The van der Waals surface area contributed by atoms with E-state index in [0.717, 1.165) is 25.1 Å². The van der Waals surface area contributed by atoms with Gasteiger partial charge in [-0.25, -0.2) is 0 Å². The van der Waals surface area contributed by atoms with Crippen LogP contribution in [-0.4, -0.2) is 4.68 Å². The number of hydrogen-bond donors (Lipinski definition) is 2. The fourth-order valence-corrected chi connectivity index (χ4v) is 1.04. The summed E-state index contributed by atoms with van der Waals surface area (Å²) in [4.78, 5) is 0. The lowest BCUT2D eigenvalue weighted by Gasteiger charge is -1.94. The molecule has 1 aromatic rings. The summed E-state index contributed by atoms with van der Waals surface area (Å²) < 4.78 is 3.13. The molecule has 11 heavy (non-hydrogen) atoms. The van der Waals surface area contributed by atoms with Gasteiger partial charge in [0.2, 0.25) is 0 Å². The molecule has 0 unspecified atom stereocenters. The summed E-state index contributed by atoms with van der Waals surface area (Å²) in [6.45, 7) is 2.14. The van der Waals surface area contributed by atoms with E-state index >= 15 is 0 Å². The van der Waals surface area contributed by atoms with Crippen LogP contribution in [0.15, 0.2) is 12.4 Å². The standard InChI is InChI=1S/C7H15N4/c1-2-3-4-7-10(8)5-6-11(7)9/h5-6H,2-4,8-9H2,1H3/q+1.